The van der Waals surface area contributed by atoms with Gasteiger partial charge in [-0.3, -0.25) is 4.79 Å². The lowest BCUT2D eigenvalue weighted by Gasteiger charge is -2.29. The van der Waals surface area contributed by atoms with E-state index in [-0.39, 0.29) is 30.1 Å². The lowest BCUT2D eigenvalue weighted by atomic mass is 10.1. The van der Waals surface area contributed by atoms with E-state index in [2.05, 4.69) is 4.74 Å². The van der Waals surface area contributed by atoms with Crippen LogP contribution in [0.2, 0.25) is 0 Å². The summed E-state index contributed by atoms with van der Waals surface area (Å²) in [6.07, 6.45) is 1.66. The third kappa shape index (κ3) is 4.90. The summed E-state index contributed by atoms with van der Waals surface area (Å²) >= 11 is 1.40. The topological polar surface area (TPSA) is 55.6 Å². The van der Waals surface area contributed by atoms with Crippen molar-refractivity contribution in [2.75, 3.05) is 13.1 Å². The van der Waals surface area contributed by atoms with E-state index in [0.29, 0.717) is 18.0 Å². The molecular formula is C17H19ClF2N2O2S. The van der Waals surface area contributed by atoms with Crippen molar-refractivity contribution in [3.8, 4) is 16.2 Å². The highest BCUT2D eigenvalue weighted by Crippen LogP contribution is 2.30. The first-order valence-corrected chi connectivity index (χ1v) is 8.54. The molecule has 0 spiro atoms. The van der Waals surface area contributed by atoms with Gasteiger partial charge in [-0.05, 0) is 54.8 Å². The summed E-state index contributed by atoms with van der Waals surface area (Å²) in [5, 5.41) is 0. The fraction of sp³-hybridized carbons (Fsp3) is 0.353. The Bertz CT molecular complexity index is 701. The van der Waals surface area contributed by atoms with Crippen LogP contribution in [0.5, 0.6) is 5.75 Å². The van der Waals surface area contributed by atoms with Crippen molar-refractivity contribution in [2.45, 2.75) is 25.5 Å². The van der Waals surface area contributed by atoms with E-state index in [1.807, 2.05) is 11.0 Å². The molecule has 0 bridgehead atoms. The molecule has 4 nitrogen and oxygen atoms in total. The molecule has 3 rings (SSSR count). The first kappa shape index (κ1) is 19.6. The molecule has 0 saturated carbocycles. The van der Waals surface area contributed by atoms with Gasteiger partial charge >= 0.3 is 6.61 Å². The van der Waals surface area contributed by atoms with E-state index in [1.54, 1.807) is 18.2 Å². The molecule has 1 aromatic heterocycles. The number of piperidine rings is 1. The minimum absolute atomic E-state index is 0. The standard InChI is InChI=1S/C17H18F2N2O2S.ClH/c18-17(19)23-13-3-1-11(2-4-13)14-5-6-15(24-14)16(22)21-9-7-12(20)8-10-21;/h1-6,12,17H,7-10,20H2;1H. The van der Waals surface area contributed by atoms with Crippen LogP contribution >= 0.6 is 23.7 Å². The molecule has 1 aromatic carbocycles. The van der Waals surface area contributed by atoms with E-state index in [0.717, 1.165) is 23.3 Å². The molecule has 0 aliphatic carbocycles. The van der Waals surface area contributed by atoms with Crippen LogP contribution in [-0.2, 0) is 0 Å². The number of nitrogens with zero attached hydrogens (tertiary/aromatic N) is 1. The Morgan fingerprint density at radius 1 is 1.16 bits per heavy atom. The smallest absolute Gasteiger partial charge is 0.387 e. The fourth-order valence-electron chi connectivity index (χ4n) is 2.67. The Balaban J connectivity index is 0.00000225. The molecule has 2 heterocycles. The molecule has 8 heteroatoms. The highest BCUT2D eigenvalue weighted by molar-refractivity contribution is 7.17. The summed E-state index contributed by atoms with van der Waals surface area (Å²) in [4.78, 5) is 15.9. The SMILES string of the molecule is Cl.NC1CCN(C(=O)c2ccc(-c3ccc(OC(F)F)cc3)s2)CC1. The summed E-state index contributed by atoms with van der Waals surface area (Å²) < 4.78 is 28.7. The van der Waals surface area contributed by atoms with Gasteiger partial charge in [0.15, 0.2) is 0 Å². The molecule has 1 amide bonds. The lowest BCUT2D eigenvalue weighted by molar-refractivity contribution is -0.0498. The van der Waals surface area contributed by atoms with Gasteiger partial charge in [-0.25, -0.2) is 0 Å². The molecule has 2 N–H and O–H groups in total. The Hall–Kier alpha value is -1.70. The number of carbonyl (C=O) groups excluding carboxylic acids is 1. The predicted molar refractivity (Wildman–Crippen MR) is 96.7 cm³/mol. The number of nitrogens with two attached hydrogens (primary N) is 1. The Labute approximate surface area is 155 Å². The summed E-state index contributed by atoms with van der Waals surface area (Å²) in [6, 6.07) is 10.3. The second-order valence-electron chi connectivity index (χ2n) is 5.70. The van der Waals surface area contributed by atoms with Crippen molar-refractivity contribution in [1.82, 2.24) is 4.90 Å². The van der Waals surface area contributed by atoms with Gasteiger partial charge in [-0.1, -0.05) is 0 Å². The van der Waals surface area contributed by atoms with E-state index in [4.69, 9.17) is 5.73 Å². The number of benzene rings is 1. The number of carbonyl (C=O) groups is 1. The number of halogens is 3. The molecule has 0 radical (unpaired) electrons. The number of thiophene rings is 1. The van der Waals surface area contributed by atoms with Crippen molar-refractivity contribution in [1.29, 1.82) is 0 Å². The Morgan fingerprint density at radius 2 is 1.80 bits per heavy atom. The molecule has 1 aliphatic heterocycles. The van der Waals surface area contributed by atoms with Crippen molar-refractivity contribution < 1.29 is 18.3 Å². The zero-order valence-corrected chi connectivity index (χ0v) is 15.0. The minimum Gasteiger partial charge on any atom is -0.435 e. The fourth-order valence-corrected chi connectivity index (χ4v) is 3.65. The summed E-state index contributed by atoms with van der Waals surface area (Å²) in [5.41, 5.74) is 6.73. The number of rotatable bonds is 4. The largest absolute Gasteiger partial charge is 0.435 e. The second-order valence-corrected chi connectivity index (χ2v) is 6.78. The van der Waals surface area contributed by atoms with Crippen LogP contribution < -0.4 is 10.5 Å². The van der Waals surface area contributed by atoms with Crippen molar-refractivity contribution in [2.24, 2.45) is 5.73 Å². The van der Waals surface area contributed by atoms with Crippen LogP contribution in [0.15, 0.2) is 36.4 Å². The predicted octanol–water partition coefficient (Wildman–Crippen LogP) is 4.00. The molecule has 25 heavy (non-hydrogen) atoms. The Morgan fingerprint density at radius 3 is 2.40 bits per heavy atom. The molecular weight excluding hydrogens is 370 g/mol. The Kier molecular flexibility index (Phi) is 6.75. The van der Waals surface area contributed by atoms with E-state index < -0.39 is 6.61 Å². The van der Waals surface area contributed by atoms with Crippen LogP contribution in [0.3, 0.4) is 0 Å². The third-order valence-corrected chi connectivity index (χ3v) is 5.13. The van der Waals surface area contributed by atoms with Crippen molar-refractivity contribution in [3.63, 3.8) is 0 Å². The number of ether oxygens (including phenoxy) is 1. The first-order valence-electron chi connectivity index (χ1n) is 7.73. The van der Waals surface area contributed by atoms with Crippen LogP contribution in [-0.4, -0.2) is 36.5 Å². The van der Waals surface area contributed by atoms with E-state index >= 15 is 0 Å². The van der Waals surface area contributed by atoms with Gasteiger partial charge in [0.25, 0.3) is 5.91 Å². The molecule has 1 saturated heterocycles. The van der Waals surface area contributed by atoms with Crippen LogP contribution in [0.1, 0.15) is 22.5 Å². The number of likely N-dealkylation sites (tertiary alicyclic amines) is 1. The molecule has 0 unspecified atom stereocenters. The molecule has 1 aliphatic rings. The zero-order valence-electron chi connectivity index (χ0n) is 13.4. The van der Waals surface area contributed by atoms with Gasteiger partial charge in [-0.15, -0.1) is 23.7 Å². The van der Waals surface area contributed by atoms with E-state index in [9.17, 15) is 13.6 Å². The summed E-state index contributed by atoms with van der Waals surface area (Å²) in [6.45, 7) is -1.46. The molecule has 2 aromatic rings. The highest BCUT2D eigenvalue weighted by Gasteiger charge is 2.22. The summed E-state index contributed by atoms with van der Waals surface area (Å²) in [7, 11) is 0. The average molecular weight is 389 g/mol. The second kappa shape index (κ2) is 8.60. The number of hydrogen-bond acceptors (Lipinski definition) is 4. The van der Waals surface area contributed by atoms with Crippen molar-refractivity contribution in [3.05, 3.63) is 41.3 Å². The molecule has 1 fully saturated rings. The number of amides is 1. The first-order chi connectivity index (χ1) is 11.5. The van der Waals surface area contributed by atoms with E-state index in [1.165, 1.54) is 23.5 Å². The average Bonchev–Trinajstić information content (AvgIpc) is 3.05. The van der Waals surface area contributed by atoms with Gasteiger partial charge in [0.2, 0.25) is 0 Å². The van der Waals surface area contributed by atoms with Gasteiger partial charge in [0, 0.05) is 24.0 Å². The quantitative estimate of drug-likeness (QED) is 0.861. The van der Waals surface area contributed by atoms with Gasteiger partial charge in [0.1, 0.15) is 5.75 Å². The summed E-state index contributed by atoms with van der Waals surface area (Å²) in [5.74, 6) is 0.141. The van der Waals surface area contributed by atoms with Crippen molar-refractivity contribution >= 4 is 29.7 Å². The minimum atomic E-state index is -2.83. The van der Waals surface area contributed by atoms with Gasteiger partial charge in [0.05, 0.1) is 4.88 Å². The van der Waals surface area contributed by atoms with Gasteiger partial charge < -0.3 is 15.4 Å². The molecule has 0 atom stereocenters. The maximum atomic E-state index is 12.5. The third-order valence-electron chi connectivity index (χ3n) is 4.01. The normalized spacial score (nSPS) is 15.1. The lowest BCUT2D eigenvalue weighted by Crippen LogP contribution is -2.42. The van der Waals surface area contributed by atoms with Crippen LogP contribution in [0, 0.1) is 0 Å². The number of alkyl halides is 2. The van der Waals surface area contributed by atoms with Gasteiger partial charge in [-0.2, -0.15) is 8.78 Å². The zero-order chi connectivity index (χ0) is 17.1. The maximum absolute atomic E-state index is 12.5. The van der Waals surface area contributed by atoms with Crippen LogP contribution in [0.25, 0.3) is 10.4 Å². The maximum Gasteiger partial charge on any atom is 0.387 e. The monoisotopic (exact) mass is 388 g/mol. The highest BCUT2D eigenvalue weighted by atomic mass is 35.5. The molecule has 136 valence electrons. The number of hydrogen-bond donors (Lipinski definition) is 1. The van der Waals surface area contributed by atoms with Crippen LogP contribution in [0.4, 0.5) is 8.78 Å².